The number of unbranched alkanes of at least 4 members (excludes halogenated alkanes) is 4. The zero-order valence-corrected chi connectivity index (χ0v) is 7.04. The maximum absolute atomic E-state index is 9.59. The van der Waals surface area contributed by atoms with Crippen molar-refractivity contribution in [2.24, 2.45) is 0 Å². The molecule has 0 unspecified atom stereocenters. The summed E-state index contributed by atoms with van der Waals surface area (Å²) in [7, 11) is 0. The highest BCUT2D eigenvalue weighted by Crippen LogP contribution is 2.01. The number of carbonyl (C=O) groups is 1. The van der Waals surface area contributed by atoms with Gasteiger partial charge >= 0.3 is 6.47 Å². The van der Waals surface area contributed by atoms with E-state index >= 15 is 0 Å². The van der Waals surface area contributed by atoms with Crippen LogP contribution in [-0.4, -0.2) is 13.1 Å². The third-order valence-electron chi connectivity index (χ3n) is 1.44. The van der Waals surface area contributed by atoms with Crippen LogP contribution < -0.4 is 0 Å². The Morgan fingerprint density at radius 1 is 1.18 bits per heavy atom. The summed E-state index contributed by atoms with van der Waals surface area (Å²) in [6.45, 7) is 2.99. The Kier molecular flexibility index (Phi) is 8.94. The second-order valence-corrected chi connectivity index (χ2v) is 2.43. The van der Waals surface area contributed by atoms with Crippen LogP contribution >= 0.6 is 0 Å². The van der Waals surface area contributed by atoms with Crippen LogP contribution in [0.2, 0.25) is 0 Å². The SMILES string of the molecule is CCCCCCCOOC=O. The van der Waals surface area contributed by atoms with Crippen molar-refractivity contribution >= 4 is 6.47 Å². The number of hydrogen-bond acceptors (Lipinski definition) is 3. The van der Waals surface area contributed by atoms with Crippen LogP contribution in [0.5, 0.6) is 0 Å². The van der Waals surface area contributed by atoms with Crippen molar-refractivity contribution in [2.45, 2.75) is 39.0 Å². The van der Waals surface area contributed by atoms with Crippen LogP contribution in [0.4, 0.5) is 0 Å². The quantitative estimate of drug-likeness (QED) is 0.236. The van der Waals surface area contributed by atoms with Gasteiger partial charge in [0.25, 0.3) is 0 Å². The maximum Gasteiger partial charge on any atom is 0.330 e. The number of rotatable bonds is 8. The molecule has 11 heavy (non-hydrogen) atoms. The van der Waals surface area contributed by atoms with Crippen LogP contribution in [-0.2, 0) is 14.6 Å². The minimum absolute atomic E-state index is 0.298. The van der Waals surface area contributed by atoms with Crippen LogP contribution in [0.1, 0.15) is 39.0 Å². The van der Waals surface area contributed by atoms with E-state index in [0.717, 1.165) is 12.8 Å². The minimum Gasteiger partial charge on any atom is -0.302 e. The van der Waals surface area contributed by atoms with Crippen LogP contribution in [0, 0.1) is 0 Å². The first kappa shape index (κ1) is 10.4. The molecule has 0 aliphatic carbocycles. The van der Waals surface area contributed by atoms with Crippen molar-refractivity contribution in [3.63, 3.8) is 0 Å². The highest BCUT2D eigenvalue weighted by atomic mass is 17.2. The lowest BCUT2D eigenvalue weighted by molar-refractivity contribution is -0.259. The fourth-order valence-electron chi connectivity index (χ4n) is 0.840. The standard InChI is InChI=1S/C8H16O3/c1-2-3-4-5-6-7-10-11-8-9/h8H,2-7H2,1H3. The van der Waals surface area contributed by atoms with Gasteiger partial charge in [0.05, 0.1) is 6.61 Å². The predicted molar refractivity (Wildman–Crippen MR) is 41.9 cm³/mol. The van der Waals surface area contributed by atoms with Crippen molar-refractivity contribution in [3.8, 4) is 0 Å². The van der Waals surface area contributed by atoms with Crippen molar-refractivity contribution < 1.29 is 14.6 Å². The van der Waals surface area contributed by atoms with Gasteiger partial charge in [-0.15, -0.1) is 0 Å². The summed E-state index contributed by atoms with van der Waals surface area (Å²) in [6, 6.07) is 0. The molecular formula is C8H16O3. The molecule has 0 heterocycles. The molecule has 0 aromatic heterocycles. The van der Waals surface area contributed by atoms with Gasteiger partial charge in [0.15, 0.2) is 0 Å². The summed E-state index contributed by atoms with van der Waals surface area (Å²) in [5.41, 5.74) is 0. The van der Waals surface area contributed by atoms with E-state index in [2.05, 4.69) is 16.7 Å². The van der Waals surface area contributed by atoms with E-state index in [1.807, 2.05) is 0 Å². The molecule has 0 aromatic carbocycles. The number of hydrogen-bond donors (Lipinski definition) is 0. The Morgan fingerprint density at radius 2 is 1.91 bits per heavy atom. The number of carbonyl (C=O) groups excluding carboxylic acids is 1. The molecule has 3 heteroatoms. The Morgan fingerprint density at radius 3 is 2.55 bits per heavy atom. The summed E-state index contributed by atoms with van der Waals surface area (Å²) in [5, 5.41) is 0. The Bertz CT molecular complexity index is 83.4. The lowest BCUT2D eigenvalue weighted by atomic mass is 10.2. The van der Waals surface area contributed by atoms with Crippen molar-refractivity contribution in [1.82, 2.24) is 0 Å². The third-order valence-corrected chi connectivity index (χ3v) is 1.44. The molecule has 0 radical (unpaired) electrons. The molecule has 0 saturated carbocycles. The average Bonchev–Trinajstić information content (AvgIpc) is 2.03. The van der Waals surface area contributed by atoms with E-state index < -0.39 is 0 Å². The summed E-state index contributed by atoms with van der Waals surface area (Å²) in [5.74, 6) is 0. The van der Waals surface area contributed by atoms with Crippen LogP contribution in [0.3, 0.4) is 0 Å². The average molecular weight is 160 g/mol. The summed E-state index contributed by atoms with van der Waals surface area (Å²) in [4.78, 5) is 18.1. The summed E-state index contributed by atoms with van der Waals surface area (Å²) >= 11 is 0. The molecule has 0 N–H and O–H groups in total. The molecule has 0 rings (SSSR count). The Hall–Kier alpha value is -0.570. The van der Waals surface area contributed by atoms with Gasteiger partial charge < -0.3 is 4.89 Å². The van der Waals surface area contributed by atoms with Gasteiger partial charge in [0.2, 0.25) is 0 Å². The molecule has 3 nitrogen and oxygen atoms in total. The van der Waals surface area contributed by atoms with Gasteiger partial charge in [-0.3, -0.25) is 4.79 Å². The van der Waals surface area contributed by atoms with E-state index in [0.29, 0.717) is 13.1 Å². The van der Waals surface area contributed by atoms with Gasteiger partial charge in [0, 0.05) is 0 Å². The summed E-state index contributed by atoms with van der Waals surface area (Å²) in [6.07, 6.45) is 5.87. The molecule has 66 valence electrons. The second-order valence-electron chi connectivity index (χ2n) is 2.43. The van der Waals surface area contributed by atoms with Crippen molar-refractivity contribution in [1.29, 1.82) is 0 Å². The van der Waals surface area contributed by atoms with Crippen LogP contribution in [0.25, 0.3) is 0 Å². The smallest absolute Gasteiger partial charge is 0.302 e. The molecule has 0 bridgehead atoms. The summed E-state index contributed by atoms with van der Waals surface area (Å²) < 4.78 is 0. The highest BCUT2D eigenvalue weighted by molar-refractivity contribution is 5.35. The maximum atomic E-state index is 9.59. The Labute approximate surface area is 67.6 Å². The molecule has 0 fully saturated rings. The van der Waals surface area contributed by atoms with E-state index in [-0.39, 0.29) is 0 Å². The largest absolute Gasteiger partial charge is 0.330 e. The van der Waals surface area contributed by atoms with Gasteiger partial charge in [-0.25, -0.2) is 0 Å². The second kappa shape index (κ2) is 9.43. The fourth-order valence-corrected chi connectivity index (χ4v) is 0.840. The predicted octanol–water partition coefficient (Wildman–Crippen LogP) is 2.06. The van der Waals surface area contributed by atoms with Gasteiger partial charge in [-0.1, -0.05) is 32.6 Å². The fraction of sp³-hybridized carbons (Fsp3) is 0.875. The topological polar surface area (TPSA) is 35.5 Å². The van der Waals surface area contributed by atoms with E-state index in [1.165, 1.54) is 19.3 Å². The monoisotopic (exact) mass is 160 g/mol. The Balaban J connectivity index is 2.74. The molecule has 0 spiro atoms. The van der Waals surface area contributed by atoms with Gasteiger partial charge in [-0.2, -0.15) is 4.89 Å². The van der Waals surface area contributed by atoms with Gasteiger partial charge in [0.1, 0.15) is 0 Å². The molecule has 0 amide bonds. The molecular weight excluding hydrogens is 144 g/mol. The molecule has 0 saturated heterocycles. The zero-order chi connectivity index (χ0) is 8.36. The van der Waals surface area contributed by atoms with Crippen LogP contribution in [0.15, 0.2) is 0 Å². The first-order valence-corrected chi connectivity index (χ1v) is 4.13. The van der Waals surface area contributed by atoms with Crippen molar-refractivity contribution in [3.05, 3.63) is 0 Å². The first-order valence-electron chi connectivity index (χ1n) is 4.13. The lowest BCUT2D eigenvalue weighted by Crippen LogP contribution is -1.94. The molecule has 0 atom stereocenters. The minimum atomic E-state index is 0.298. The normalized spacial score (nSPS) is 9.55. The molecule has 0 aliphatic heterocycles. The zero-order valence-electron chi connectivity index (χ0n) is 7.04. The van der Waals surface area contributed by atoms with Gasteiger partial charge in [-0.05, 0) is 6.42 Å². The van der Waals surface area contributed by atoms with E-state index in [9.17, 15) is 4.79 Å². The van der Waals surface area contributed by atoms with E-state index in [4.69, 9.17) is 0 Å². The lowest BCUT2D eigenvalue weighted by Gasteiger charge is -1.98. The first-order chi connectivity index (χ1) is 5.41. The molecule has 0 aliphatic rings. The molecule has 0 aromatic rings. The third kappa shape index (κ3) is 9.43. The van der Waals surface area contributed by atoms with Crippen molar-refractivity contribution in [2.75, 3.05) is 6.61 Å². The highest BCUT2D eigenvalue weighted by Gasteiger charge is 1.89. The van der Waals surface area contributed by atoms with E-state index in [1.54, 1.807) is 0 Å².